The number of hydrogen-bond acceptors (Lipinski definition) is 6. The lowest BCUT2D eigenvalue weighted by molar-refractivity contribution is 0.464. The van der Waals surface area contributed by atoms with Crippen LogP contribution in [0.1, 0.15) is 25.8 Å². The van der Waals surface area contributed by atoms with Gasteiger partial charge in [-0.05, 0) is 36.6 Å². The average Bonchev–Trinajstić information content (AvgIpc) is 2.60. The van der Waals surface area contributed by atoms with E-state index in [0.717, 1.165) is 12.5 Å². The van der Waals surface area contributed by atoms with Crippen LogP contribution in [0.4, 0.5) is 11.4 Å². The Kier molecular flexibility index (Phi) is 5.78. The molecule has 2 heterocycles. The third-order valence-corrected chi connectivity index (χ3v) is 5.98. The monoisotopic (exact) mass is 440 g/mol. The van der Waals surface area contributed by atoms with Gasteiger partial charge in [0.25, 0.3) is 26.8 Å². The SMILES string of the molecule is CC(C)CCn1ccc(O)c(C2=NS(=O)(=O)c3cc(NS(=O)O)ccc3N2)c1=O. The number of nitrogens with zero attached hydrogens (tertiary/aromatic N) is 2. The molecule has 0 amide bonds. The molecule has 0 saturated carbocycles. The van der Waals surface area contributed by atoms with Crippen molar-refractivity contribution in [3.8, 4) is 5.75 Å². The molecule has 0 aliphatic carbocycles. The first-order valence-electron chi connectivity index (χ1n) is 8.65. The number of hydrogen-bond donors (Lipinski definition) is 4. The molecule has 4 N–H and O–H groups in total. The van der Waals surface area contributed by atoms with Crippen LogP contribution in [0.3, 0.4) is 0 Å². The van der Waals surface area contributed by atoms with E-state index >= 15 is 0 Å². The number of benzene rings is 1. The summed E-state index contributed by atoms with van der Waals surface area (Å²) in [5.74, 6) is -0.326. The molecule has 10 nitrogen and oxygen atoms in total. The van der Waals surface area contributed by atoms with Gasteiger partial charge in [-0.3, -0.25) is 14.1 Å². The van der Waals surface area contributed by atoms with Crippen molar-refractivity contribution in [3.05, 3.63) is 46.4 Å². The predicted molar refractivity (Wildman–Crippen MR) is 110 cm³/mol. The highest BCUT2D eigenvalue weighted by atomic mass is 32.2. The van der Waals surface area contributed by atoms with E-state index in [1.54, 1.807) is 0 Å². The number of nitrogens with one attached hydrogen (secondary N) is 2. The summed E-state index contributed by atoms with van der Waals surface area (Å²) >= 11 is -2.37. The van der Waals surface area contributed by atoms with Crippen molar-refractivity contribution >= 4 is 38.5 Å². The molecule has 1 aromatic carbocycles. The lowest BCUT2D eigenvalue weighted by Crippen LogP contribution is -2.32. The van der Waals surface area contributed by atoms with Crippen molar-refractivity contribution in [2.75, 3.05) is 10.0 Å². The molecule has 1 aromatic heterocycles. The first kappa shape index (κ1) is 21.0. The van der Waals surface area contributed by atoms with Gasteiger partial charge < -0.3 is 15.0 Å². The minimum absolute atomic E-state index is 0.104. The van der Waals surface area contributed by atoms with E-state index < -0.39 is 32.6 Å². The van der Waals surface area contributed by atoms with Crippen molar-refractivity contribution < 1.29 is 22.3 Å². The zero-order chi connectivity index (χ0) is 21.3. The van der Waals surface area contributed by atoms with Gasteiger partial charge in [-0.25, -0.2) is 4.21 Å². The van der Waals surface area contributed by atoms with Crippen LogP contribution in [0.2, 0.25) is 0 Å². The molecule has 1 unspecified atom stereocenters. The fourth-order valence-electron chi connectivity index (χ4n) is 2.79. The molecule has 1 atom stereocenters. The summed E-state index contributed by atoms with van der Waals surface area (Å²) in [5.41, 5.74) is -0.582. The summed E-state index contributed by atoms with van der Waals surface area (Å²) in [6, 6.07) is 5.23. The molecule has 0 radical (unpaired) electrons. The van der Waals surface area contributed by atoms with Gasteiger partial charge in [-0.1, -0.05) is 13.8 Å². The van der Waals surface area contributed by atoms with Crippen molar-refractivity contribution in [3.63, 3.8) is 0 Å². The summed E-state index contributed by atoms with van der Waals surface area (Å²) in [7, 11) is -4.22. The predicted octanol–water partition coefficient (Wildman–Crippen LogP) is 1.71. The maximum absolute atomic E-state index is 12.8. The molecule has 0 fully saturated rings. The minimum Gasteiger partial charge on any atom is -0.507 e. The number of amidine groups is 1. The van der Waals surface area contributed by atoms with Gasteiger partial charge in [0, 0.05) is 18.4 Å². The maximum atomic E-state index is 12.8. The Morgan fingerprint density at radius 3 is 2.69 bits per heavy atom. The van der Waals surface area contributed by atoms with E-state index in [4.69, 9.17) is 4.55 Å². The van der Waals surface area contributed by atoms with E-state index in [1.165, 1.54) is 29.0 Å². The molecule has 1 aliphatic heterocycles. The van der Waals surface area contributed by atoms with E-state index in [0.29, 0.717) is 12.5 Å². The van der Waals surface area contributed by atoms with Gasteiger partial charge in [0.1, 0.15) is 16.2 Å². The second-order valence-electron chi connectivity index (χ2n) is 6.86. The van der Waals surface area contributed by atoms with Gasteiger partial charge in [0.05, 0.1) is 5.69 Å². The van der Waals surface area contributed by atoms with Crippen LogP contribution in [0.5, 0.6) is 5.75 Å². The second-order valence-corrected chi connectivity index (χ2v) is 9.13. The van der Waals surface area contributed by atoms with Crippen LogP contribution >= 0.6 is 0 Å². The highest BCUT2D eigenvalue weighted by molar-refractivity contribution is 7.90. The van der Waals surface area contributed by atoms with Crippen molar-refractivity contribution in [1.29, 1.82) is 0 Å². The fourth-order valence-corrected chi connectivity index (χ4v) is 4.27. The number of fused-ring (bicyclic) bond motifs is 1. The van der Waals surface area contributed by atoms with E-state index in [2.05, 4.69) is 14.4 Å². The van der Waals surface area contributed by atoms with Crippen molar-refractivity contribution in [1.82, 2.24) is 4.57 Å². The Balaban J connectivity index is 2.06. The summed E-state index contributed by atoms with van der Waals surface area (Å²) in [5, 5.41) is 13.0. The maximum Gasteiger partial charge on any atom is 0.286 e. The topological polar surface area (TPSA) is 150 Å². The largest absolute Gasteiger partial charge is 0.507 e. The molecule has 1 aliphatic rings. The Morgan fingerprint density at radius 2 is 2.03 bits per heavy atom. The fraction of sp³-hybridized carbons (Fsp3) is 0.294. The summed E-state index contributed by atoms with van der Waals surface area (Å²) in [6.45, 7) is 4.43. The highest BCUT2D eigenvalue weighted by Gasteiger charge is 2.29. The standard InChI is InChI=1S/C17H20N4O6S2/c1-10(2)5-7-21-8-6-13(22)15(17(21)23)16-18-12-4-3-11(19-28(24)25)9-14(12)29(26,27)20-16/h3-4,6,8-10,19,22H,5,7H2,1-2H3,(H,18,20)(H,24,25). The first-order chi connectivity index (χ1) is 13.6. The molecular formula is C17H20N4O6S2. The molecule has 156 valence electrons. The number of aromatic hydroxyl groups is 1. The normalized spacial score (nSPS) is 15.9. The number of anilines is 2. The lowest BCUT2D eigenvalue weighted by atomic mass is 10.1. The van der Waals surface area contributed by atoms with Gasteiger partial charge >= 0.3 is 0 Å². The smallest absolute Gasteiger partial charge is 0.286 e. The number of sulfonamides is 1. The van der Waals surface area contributed by atoms with Crippen molar-refractivity contribution in [2.24, 2.45) is 10.3 Å². The van der Waals surface area contributed by atoms with Gasteiger partial charge in [0.15, 0.2) is 5.84 Å². The summed E-state index contributed by atoms with van der Waals surface area (Å²) in [6.07, 6.45) is 2.18. The summed E-state index contributed by atoms with van der Waals surface area (Å²) in [4.78, 5) is 12.6. The number of rotatable bonds is 6. The van der Waals surface area contributed by atoms with Gasteiger partial charge in [-0.2, -0.15) is 8.42 Å². The molecular weight excluding hydrogens is 420 g/mol. The number of pyridine rings is 1. The Bertz CT molecular complexity index is 1170. The number of aryl methyl sites for hydroxylation is 1. The molecule has 0 saturated heterocycles. The quantitative estimate of drug-likeness (QED) is 0.499. The average molecular weight is 441 g/mol. The van der Waals surface area contributed by atoms with Crippen LogP contribution < -0.4 is 15.6 Å². The molecule has 2 aromatic rings. The van der Waals surface area contributed by atoms with Gasteiger partial charge in [-0.15, -0.1) is 4.40 Å². The van der Waals surface area contributed by atoms with Crippen LogP contribution in [-0.2, 0) is 27.8 Å². The van der Waals surface area contributed by atoms with E-state index in [-0.39, 0.29) is 27.7 Å². The van der Waals surface area contributed by atoms with Gasteiger partial charge in [0.2, 0.25) is 0 Å². The van der Waals surface area contributed by atoms with E-state index in [1.807, 2.05) is 13.8 Å². The molecule has 3 rings (SSSR count). The van der Waals surface area contributed by atoms with Crippen LogP contribution in [0, 0.1) is 5.92 Å². The van der Waals surface area contributed by atoms with Crippen molar-refractivity contribution in [2.45, 2.75) is 31.7 Å². The lowest BCUT2D eigenvalue weighted by Gasteiger charge is -2.20. The number of aromatic nitrogens is 1. The Morgan fingerprint density at radius 1 is 1.31 bits per heavy atom. The summed E-state index contributed by atoms with van der Waals surface area (Å²) < 4.78 is 52.3. The molecule has 12 heteroatoms. The molecule has 29 heavy (non-hydrogen) atoms. The molecule has 0 bridgehead atoms. The van der Waals surface area contributed by atoms with E-state index in [9.17, 15) is 22.5 Å². The van der Waals surface area contributed by atoms with Crippen LogP contribution in [0.25, 0.3) is 0 Å². The zero-order valence-electron chi connectivity index (χ0n) is 15.6. The zero-order valence-corrected chi connectivity index (χ0v) is 17.2. The minimum atomic E-state index is -4.22. The van der Waals surface area contributed by atoms with Crippen LogP contribution in [-0.4, -0.2) is 32.7 Å². The Labute approximate surface area is 169 Å². The highest BCUT2D eigenvalue weighted by Crippen LogP contribution is 2.31. The Hall–Kier alpha value is -2.70. The van der Waals surface area contributed by atoms with Crippen LogP contribution in [0.15, 0.2) is 44.6 Å². The third-order valence-electron chi connectivity index (χ3n) is 4.26. The first-order valence-corrected chi connectivity index (χ1v) is 11.2. The molecule has 0 spiro atoms. The second kappa shape index (κ2) is 7.97. The third kappa shape index (κ3) is 4.49.